The lowest BCUT2D eigenvalue weighted by Gasteiger charge is -2.38. The lowest BCUT2D eigenvalue weighted by molar-refractivity contribution is 0.125. The van der Waals surface area contributed by atoms with Gasteiger partial charge in [0.25, 0.3) is 0 Å². The van der Waals surface area contributed by atoms with Gasteiger partial charge < -0.3 is 4.90 Å². The summed E-state index contributed by atoms with van der Waals surface area (Å²) in [5.41, 5.74) is 6.57. The van der Waals surface area contributed by atoms with Crippen LogP contribution in [0, 0.1) is 0 Å². The fourth-order valence-electron chi connectivity index (χ4n) is 4.63. The summed E-state index contributed by atoms with van der Waals surface area (Å²) >= 11 is 0. The molecule has 0 saturated carbocycles. The molecule has 5 heteroatoms. The average molecular weight is 361 g/mol. The Morgan fingerprint density at radius 2 is 1.81 bits per heavy atom. The molecule has 1 unspecified atom stereocenters. The van der Waals surface area contributed by atoms with Crippen LogP contribution in [0.1, 0.15) is 35.3 Å². The summed E-state index contributed by atoms with van der Waals surface area (Å²) in [5, 5.41) is 5.70. The van der Waals surface area contributed by atoms with E-state index in [1.807, 2.05) is 10.9 Å². The van der Waals surface area contributed by atoms with Crippen molar-refractivity contribution in [3.8, 4) is 0 Å². The SMILES string of the molecule is CCn1ncc2cc3c(nc21)C(N1CCN(C)CC1)c1ccccc1CC3. The molecule has 1 aromatic carbocycles. The number of aromatic nitrogens is 3. The molecule has 1 fully saturated rings. The highest BCUT2D eigenvalue weighted by molar-refractivity contribution is 5.76. The van der Waals surface area contributed by atoms with Gasteiger partial charge in [0.05, 0.1) is 17.9 Å². The van der Waals surface area contributed by atoms with Crippen molar-refractivity contribution in [2.45, 2.75) is 32.4 Å². The van der Waals surface area contributed by atoms with Crippen LogP contribution in [-0.2, 0) is 19.4 Å². The molecule has 1 saturated heterocycles. The largest absolute Gasteiger partial charge is 0.304 e. The van der Waals surface area contributed by atoms with Crippen molar-refractivity contribution in [2.75, 3.05) is 33.2 Å². The first-order valence-corrected chi connectivity index (χ1v) is 10.1. The standard InChI is InChI=1S/C22H27N5/c1-3-27-22-18(15-23-27)14-17-9-8-16-6-4-5-7-19(16)21(20(17)24-22)26-12-10-25(2)11-13-26/h4-7,14-15,21H,3,8-13H2,1-2H3. The van der Waals surface area contributed by atoms with E-state index in [1.165, 1.54) is 27.8 Å². The van der Waals surface area contributed by atoms with Crippen LogP contribution in [0.2, 0.25) is 0 Å². The van der Waals surface area contributed by atoms with Gasteiger partial charge in [-0.15, -0.1) is 0 Å². The van der Waals surface area contributed by atoms with Crippen LogP contribution in [0.4, 0.5) is 0 Å². The Balaban J connectivity index is 1.69. The van der Waals surface area contributed by atoms with E-state index in [0.717, 1.165) is 51.2 Å². The number of rotatable bonds is 2. The molecule has 0 bridgehead atoms. The number of nitrogens with zero attached hydrogens (tertiary/aromatic N) is 5. The summed E-state index contributed by atoms with van der Waals surface area (Å²) < 4.78 is 2.02. The predicted octanol–water partition coefficient (Wildman–Crippen LogP) is 2.89. The topological polar surface area (TPSA) is 37.2 Å². The molecule has 140 valence electrons. The monoisotopic (exact) mass is 361 g/mol. The van der Waals surface area contributed by atoms with Crippen LogP contribution in [0.25, 0.3) is 11.0 Å². The minimum atomic E-state index is 0.247. The van der Waals surface area contributed by atoms with Gasteiger partial charge in [0.1, 0.15) is 0 Å². The Labute approximate surface area is 160 Å². The van der Waals surface area contributed by atoms with Crippen molar-refractivity contribution in [1.82, 2.24) is 24.6 Å². The maximum absolute atomic E-state index is 5.23. The van der Waals surface area contributed by atoms with Crippen molar-refractivity contribution in [3.05, 3.63) is 58.9 Å². The van der Waals surface area contributed by atoms with Gasteiger partial charge in [0.15, 0.2) is 5.65 Å². The maximum Gasteiger partial charge on any atom is 0.158 e. The number of fused-ring (bicyclic) bond motifs is 3. The van der Waals surface area contributed by atoms with Crippen LogP contribution < -0.4 is 0 Å². The Morgan fingerprint density at radius 3 is 2.63 bits per heavy atom. The van der Waals surface area contributed by atoms with Gasteiger partial charge in [-0.05, 0) is 49.6 Å². The van der Waals surface area contributed by atoms with Crippen LogP contribution in [0.3, 0.4) is 0 Å². The molecule has 0 radical (unpaired) electrons. The van der Waals surface area contributed by atoms with E-state index in [-0.39, 0.29) is 6.04 Å². The first-order chi connectivity index (χ1) is 13.2. The van der Waals surface area contributed by atoms with Gasteiger partial charge in [-0.2, -0.15) is 5.10 Å². The number of benzene rings is 1. The van der Waals surface area contributed by atoms with Crippen molar-refractivity contribution in [3.63, 3.8) is 0 Å². The molecule has 0 amide bonds. The summed E-state index contributed by atoms with van der Waals surface area (Å²) in [5.74, 6) is 0. The van der Waals surface area contributed by atoms with Crippen LogP contribution in [0.15, 0.2) is 36.5 Å². The van der Waals surface area contributed by atoms with Crippen LogP contribution in [-0.4, -0.2) is 57.8 Å². The first-order valence-electron chi connectivity index (χ1n) is 10.1. The molecule has 1 aliphatic carbocycles. The highest BCUT2D eigenvalue weighted by Gasteiger charge is 2.32. The van der Waals surface area contributed by atoms with Gasteiger partial charge in [0, 0.05) is 38.1 Å². The van der Waals surface area contributed by atoms with E-state index in [0.29, 0.717) is 0 Å². The van der Waals surface area contributed by atoms with Gasteiger partial charge >= 0.3 is 0 Å². The molecular weight excluding hydrogens is 334 g/mol. The smallest absolute Gasteiger partial charge is 0.158 e. The normalized spacial score (nSPS) is 21.0. The van der Waals surface area contributed by atoms with Crippen molar-refractivity contribution in [1.29, 1.82) is 0 Å². The molecule has 0 spiro atoms. The fraction of sp³-hybridized carbons (Fsp3) is 0.455. The third kappa shape index (κ3) is 2.86. The van der Waals surface area contributed by atoms with Gasteiger partial charge in [-0.1, -0.05) is 24.3 Å². The van der Waals surface area contributed by atoms with E-state index >= 15 is 0 Å². The zero-order valence-corrected chi connectivity index (χ0v) is 16.2. The van der Waals surface area contributed by atoms with Gasteiger partial charge in [0.2, 0.25) is 0 Å². The number of aryl methyl sites for hydroxylation is 3. The molecule has 27 heavy (non-hydrogen) atoms. The van der Waals surface area contributed by atoms with Gasteiger partial charge in [-0.3, -0.25) is 4.90 Å². The molecule has 3 heterocycles. The predicted molar refractivity (Wildman–Crippen MR) is 108 cm³/mol. The second-order valence-electron chi connectivity index (χ2n) is 7.85. The quantitative estimate of drug-likeness (QED) is 0.703. The lowest BCUT2D eigenvalue weighted by atomic mass is 9.96. The number of pyridine rings is 1. The first kappa shape index (κ1) is 16.9. The van der Waals surface area contributed by atoms with Crippen molar-refractivity contribution >= 4 is 11.0 Å². The molecule has 2 aliphatic rings. The molecule has 2 aromatic heterocycles. The van der Waals surface area contributed by atoms with Gasteiger partial charge in [-0.25, -0.2) is 9.67 Å². The Morgan fingerprint density at radius 1 is 1.04 bits per heavy atom. The van der Waals surface area contributed by atoms with E-state index < -0.39 is 0 Å². The fourth-order valence-corrected chi connectivity index (χ4v) is 4.63. The Kier molecular flexibility index (Phi) is 4.21. The summed E-state index contributed by atoms with van der Waals surface area (Å²) in [6.07, 6.45) is 4.11. The second-order valence-corrected chi connectivity index (χ2v) is 7.85. The van der Waals surface area contributed by atoms with Crippen LogP contribution in [0.5, 0.6) is 0 Å². The lowest BCUT2D eigenvalue weighted by Crippen LogP contribution is -2.46. The third-order valence-electron chi connectivity index (χ3n) is 6.20. The Bertz CT molecular complexity index is 968. The number of hydrogen-bond acceptors (Lipinski definition) is 4. The molecule has 0 N–H and O–H groups in total. The summed E-state index contributed by atoms with van der Waals surface area (Å²) in [6, 6.07) is 11.6. The second kappa shape index (κ2) is 6.73. The third-order valence-corrected chi connectivity index (χ3v) is 6.20. The van der Waals surface area contributed by atoms with Crippen molar-refractivity contribution in [2.24, 2.45) is 0 Å². The molecule has 1 atom stereocenters. The summed E-state index contributed by atoms with van der Waals surface area (Å²) in [4.78, 5) is 10.3. The van der Waals surface area contributed by atoms with Crippen LogP contribution >= 0.6 is 0 Å². The number of piperazine rings is 1. The van der Waals surface area contributed by atoms with E-state index in [4.69, 9.17) is 4.98 Å². The van der Waals surface area contributed by atoms with Crippen molar-refractivity contribution < 1.29 is 0 Å². The summed E-state index contributed by atoms with van der Waals surface area (Å²) in [6.45, 7) is 7.38. The molecular formula is C22H27N5. The molecule has 3 aromatic rings. The number of likely N-dealkylation sites (N-methyl/N-ethyl adjacent to an activating group) is 1. The number of hydrogen-bond donors (Lipinski definition) is 0. The highest BCUT2D eigenvalue weighted by atomic mass is 15.3. The highest BCUT2D eigenvalue weighted by Crippen LogP contribution is 2.37. The zero-order valence-electron chi connectivity index (χ0n) is 16.2. The van der Waals surface area contributed by atoms with E-state index in [1.54, 1.807) is 0 Å². The molecule has 1 aliphatic heterocycles. The average Bonchev–Trinajstić information content (AvgIpc) is 3.02. The summed E-state index contributed by atoms with van der Waals surface area (Å²) in [7, 11) is 2.22. The molecule has 5 nitrogen and oxygen atoms in total. The Hall–Kier alpha value is -2.24. The van der Waals surface area contributed by atoms with E-state index in [9.17, 15) is 0 Å². The minimum Gasteiger partial charge on any atom is -0.304 e. The minimum absolute atomic E-state index is 0.247. The zero-order chi connectivity index (χ0) is 18.4. The maximum atomic E-state index is 5.23. The van der Waals surface area contributed by atoms with E-state index in [2.05, 4.69) is 59.2 Å². The molecule has 5 rings (SSSR count).